The number of alkyl halides is 6. The van der Waals surface area contributed by atoms with Gasteiger partial charge in [0.1, 0.15) is 5.75 Å². The molecule has 0 spiro atoms. The summed E-state index contributed by atoms with van der Waals surface area (Å²) in [5.41, 5.74) is -0.504. The van der Waals surface area contributed by atoms with E-state index < -0.39 is 40.9 Å². The Morgan fingerprint density at radius 3 is 2.25 bits per heavy atom. The Kier molecular flexibility index (Phi) is 4.89. The molecule has 1 N–H and O–H groups in total. The lowest BCUT2D eigenvalue weighted by Gasteiger charge is -2.24. The van der Waals surface area contributed by atoms with Gasteiger partial charge in [-0.2, -0.15) is 22.0 Å². The third-order valence-corrected chi connectivity index (χ3v) is 3.82. The van der Waals surface area contributed by atoms with Crippen molar-refractivity contribution in [1.82, 2.24) is 0 Å². The van der Waals surface area contributed by atoms with Crippen molar-refractivity contribution in [3.05, 3.63) is 23.8 Å². The molecule has 0 atom stereocenters. The van der Waals surface area contributed by atoms with Gasteiger partial charge in [0.25, 0.3) is 0 Å². The molecule has 1 aliphatic rings. The quantitative estimate of drug-likeness (QED) is 0.590. The third kappa shape index (κ3) is 4.22. The molecule has 1 saturated carbocycles. The molecule has 0 saturated heterocycles. The summed E-state index contributed by atoms with van der Waals surface area (Å²) in [6.45, 7) is 0. The normalized spacial score (nSPS) is 15.2. The highest BCUT2D eigenvalue weighted by Crippen LogP contribution is 2.37. The molecule has 0 unspecified atom stereocenters. The third-order valence-electron chi connectivity index (χ3n) is 3.38. The topological polar surface area (TPSA) is 57.6 Å². The fourth-order valence-electron chi connectivity index (χ4n) is 2.10. The number of benzene rings is 1. The number of carbonyl (C=O) groups excluding carboxylic acids is 2. The van der Waals surface area contributed by atoms with E-state index in [0.717, 1.165) is 18.2 Å². The number of anilines is 1. The number of nitrogens with zero attached hydrogens (tertiary/aromatic N) is 1. The van der Waals surface area contributed by atoms with E-state index in [1.54, 1.807) is 0 Å². The molecule has 132 valence electrons. The standard InChI is InChI=1S/C14H11BrF5NO3/c15-13(16,17)11(23)6-7-5-9(3-4-10(7)22)21(8-1-2-8)12(24)14(18,19)20/h3-5,8,22H,1-2,6H2. The first kappa shape index (κ1) is 18.6. The summed E-state index contributed by atoms with van der Waals surface area (Å²) in [4.78, 5) is 19.6. The Labute approximate surface area is 141 Å². The van der Waals surface area contributed by atoms with Crippen LogP contribution >= 0.6 is 15.9 Å². The van der Waals surface area contributed by atoms with Gasteiger partial charge in [0.15, 0.2) is 0 Å². The molecule has 0 heterocycles. The average molecular weight is 416 g/mol. The number of phenols is 1. The van der Waals surface area contributed by atoms with E-state index in [-0.39, 0.29) is 11.3 Å². The number of Topliss-reactive ketones (excluding diaryl/α,β-unsaturated/α-hetero) is 1. The summed E-state index contributed by atoms with van der Waals surface area (Å²) < 4.78 is 63.9. The maximum absolute atomic E-state index is 12.9. The van der Waals surface area contributed by atoms with Gasteiger partial charge >= 0.3 is 16.9 Å². The fourth-order valence-corrected chi connectivity index (χ4v) is 2.24. The van der Waals surface area contributed by atoms with Crippen molar-refractivity contribution in [3.63, 3.8) is 0 Å². The van der Waals surface area contributed by atoms with Gasteiger partial charge in [-0.1, -0.05) is 0 Å². The van der Waals surface area contributed by atoms with Crippen LogP contribution in [0.25, 0.3) is 0 Å². The van der Waals surface area contributed by atoms with Crippen molar-refractivity contribution < 1.29 is 36.6 Å². The molecular weight excluding hydrogens is 405 g/mol. The van der Waals surface area contributed by atoms with Crippen LogP contribution in [-0.4, -0.2) is 33.8 Å². The highest BCUT2D eigenvalue weighted by molar-refractivity contribution is 9.10. The van der Waals surface area contributed by atoms with E-state index in [4.69, 9.17) is 0 Å². The van der Waals surface area contributed by atoms with Gasteiger partial charge < -0.3 is 10.0 Å². The molecule has 1 amide bonds. The first-order valence-corrected chi connectivity index (χ1v) is 7.53. The van der Waals surface area contributed by atoms with Gasteiger partial charge in [0.05, 0.1) is 0 Å². The smallest absolute Gasteiger partial charge is 0.471 e. The van der Waals surface area contributed by atoms with Crippen LogP contribution in [0.4, 0.5) is 27.6 Å². The van der Waals surface area contributed by atoms with Crippen LogP contribution in [0, 0.1) is 0 Å². The van der Waals surface area contributed by atoms with Gasteiger partial charge in [-0.15, -0.1) is 0 Å². The summed E-state index contributed by atoms with van der Waals surface area (Å²) >= 11 is 1.88. The SMILES string of the molecule is O=C(N(c1ccc(O)c(CC(=O)C(F)(F)Br)c1)C1CC1)C(F)(F)F. The zero-order chi connectivity index (χ0) is 18.3. The van der Waals surface area contributed by atoms with E-state index in [2.05, 4.69) is 0 Å². The van der Waals surface area contributed by atoms with Gasteiger partial charge in [-0.25, -0.2) is 0 Å². The molecule has 1 aromatic rings. The second-order valence-corrected chi connectivity index (χ2v) is 6.31. The number of amides is 1. The summed E-state index contributed by atoms with van der Waals surface area (Å²) in [6, 6.07) is 2.32. The Morgan fingerprint density at radius 1 is 1.21 bits per heavy atom. The zero-order valence-electron chi connectivity index (χ0n) is 11.9. The molecule has 1 fully saturated rings. The molecule has 1 aliphatic carbocycles. The molecule has 4 nitrogen and oxygen atoms in total. The number of ketones is 1. The maximum atomic E-state index is 12.9. The van der Waals surface area contributed by atoms with Gasteiger partial charge in [0, 0.05) is 23.7 Å². The number of rotatable bonds is 5. The number of aromatic hydroxyl groups is 1. The Hall–Kier alpha value is -1.71. The molecule has 24 heavy (non-hydrogen) atoms. The largest absolute Gasteiger partial charge is 0.508 e. The van der Waals surface area contributed by atoms with Crippen molar-refractivity contribution in [2.24, 2.45) is 0 Å². The Bertz CT molecular complexity index is 667. The van der Waals surface area contributed by atoms with Crippen molar-refractivity contribution in [3.8, 4) is 5.75 Å². The lowest BCUT2D eigenvalue weighted by atomic mass is 10.1. The fraction of sp³-hybridized carbons (Fsp3) is 0.429. The monoisotopic (exact) mass is 415 g/mol. The maximum Gasteiger partial charge on any atom is 0.471 e. The predicted octanol–water partition coefficient (Wildman–Crippen LogP) is 3.55. The van der Waals surface area contributed by atoms with Gasteiger partial charge in [-0.3, -0.25) is 9.59 Å². The van der Waals surface area contributed by atoms with Crippen LogP contribution in [0.5, 0.6) is 5.75 Å². The second-order valence-electron chi connectivity index (χ2n) is 5.31. The molecule has 0 aliphatic heterocycles. The number of phenolic OH excluding ortho intramolecular Hbond substituents is 1. The minimum atomic E-state index is -5.10. The first-order valence-electron chi connectivity index (χ1n) is 6.73. The molecular formula is C14H11BrF5NO3. The van der Waals surface area contributed by atoms with Crippen LogP contribution < -0.4 is 4.90 Å². The molecule has 0 bridgehead atoms. The van der Waals surface area contributed by atoms with Crippen LogP contribution in [0.3, 0.4) is 0 Å². The van der Waals surface area contributed by atoms with Crippen LogP contribution in [0.2, 0.25) is 0 Å². The average Bonchev–Trinajstić information content (AvgIpc) is 3.25. The van der Waals surface area contributed by atoms with E-state index in [9.17, 15) is 36.6 Å². The number of halogens is 6. The summed E-state index contributed by atoms with van der Waals surface area (Å²) in [5.74, 6) is -4.19. The highest BCUT2D eigenvalue weighted by atomic mass is 79.9. The summed E-state index contributed by atoms with van der Waals surface area (Å²) in [7, 11) is 0. The highest BCUT2D eigenvalue weighted by Gasteiger charge is 2.48. The number of hydrogen-bond acceptors (Lipinski definition) is 3. The predicted molar refractivity (Wildman–Crippen MR) is 77.3 cm³/mol. The molecule has 10 heteroatoms. The second kappa shape index (κ2) is 6.30. The van der Waals surface area contributed by atoms with Crippen molar-refractivity contribution >= 4 is 33.3 Å². The first-order chi connectivity index (χ1) is 10.9. The van der Waals surface area contributed by atoms with Crippen molar-refractivity contribution in [1.29, 1.82) is 0 Å². The number of hydrogen-bond donors (Lipinski definition) is 1. The van der Waals surface area contributed by atoms with Crippen molar-refractivity contribution in [2.45, 2.75) is 36.3 Å². The minimum Gasteiger partial charge on any atom is -0.508 e. The van der Waals surface area contributed by atoms with Crippen molar-refractivity contribution in [2.75, 3.05) is 4.90 Å². The Balaban J connectivity index is 2.35. The van der Waals surface area contributed by atoms with E-state index in [1.165, 1.54) is 0 Å². The summed E-state index contributed by atoms with van der Waals surface area (Å²) in [5, 5.41) is 9.65. The lowest BCUT2D eigenvalue weighted by molar-refractivity contribution is -0.170. The molecule has 0 aromatic heterocycles. The van der Waals surface area contributed by atoms with Gasteiger partial charge in [-0.05, 0) is 47.0 Å². The van der Waals surface area contributed by atoms with E-state index in [1.807, 2.05) is 15.9 Å². The number of carbonyl (C=O) groups is 2. The van der Waals surface area contributed by atoms with Gasteiger partial charge in [0.2, 0.25) is 5.78 Å². The van der Waals surface area contributed by atoms with Crippen LogP contribution in [0.15, 0.2) is 18.2 Å². The van der Waals surface area contributed by atoms with Crippen LogP contribution in [-0.2, 0) is 16.0 Å². The zero-order valence-corrected chi connectivity index (χ0v) is 13.5. The summed E-state index contributed by atoms with van der Waals surface area (Å²) in [6.07, 6.45) is -5.26. The van der Waals surface area contributed by atoms with E-state index in [0.29, 0.717) is 17.7 Å². The molecule has 0 radical (unpaired) electrons. The molecule has 2 rings (SSSR count). The lowest BCUT2D eigenvalue weighted by Crippen LogP contribution is -2.42. The minimum absolute atomic E-state index is 0.210. The van der Waals surface area contributed by atoms with Crippen LogP contribution in [0.1, 0.15) is 18.4 Å². The van der Waals surface area contributed by atoms with E-state index >= 15 is 0 Å². The molecule has 1 aromatic carbocycles. The Morgan fingerprint density at radius 2 is 1.79 bits per heavy atom.